The van der Waals surface area contributed by atoms with Gasteiger partial charge in [0.15, 0.2) is 0 Å². The van der Waals surface area contributed by atoms with Crippen molar-refractivity contribution >= 4 is 15.9 Å². The van der Waals surface area contributed by atoms with E-state index in [1.165, 1.54) is 19.1 Å². The molecule has 2 N–H and O–H groups in total. The van der Waals surface area contributed by atoms with Crippen molar-refractivity contribution in [3.8, 4) is 0 Å². The predicted molar refractivity (Wildman–Crippen MR) is 174 cm³/mol. The normalized spacial score (nSPS) is 21.5. The molecule has 1 aliphatic heterocycles. The molecule has 242 valence electrons. The van der Waals surface area contributed by atoms with Gasteiger partial charge in [-0.1, -0.05) is 109 Å². The minimum Gasteiger partial charge on any atom is -0.374 e. The molecule has 1 amide bonds. The first-order valence-corrected chi connectivity index (χ1v) is 16.7. The Bertz CT molecular complexity index is 1620. The van der Waals surface area contributed by atoms with E-state index in [0.29, 0.717) is 6.61 Å². The Labute approximate surface area is 270 Å². The molecule has 0 bridgehead atoms. The Balaban J connectivity index is 1.48. The van der Waals surface area contributed by atoms with E-state index in [0.717, 1.165) is 22.3 Å². The molecule has 1 saturated heterocycles. The highest BCUT2D eigenvalue weighted by Gasteiger charge is 2.49. The lowest BCUT2D eigenvalue weighted by atomic mass is 9.95. The predicted octanol–water partition coefficient (Wildman–Crippen LogP) is 4.89. The van der Waals surface area contributed by atoms with Gasteiger partial charge in [0.1, 0.15) is 24.5 Å². The number of rotatable bonds is 14. The number of hydrogen-bond donors (Lipinski definition) is 2. The number of nitrogens with one attached hydrogen (secondary N) is 2. The number of carbonyl (C=O) groups is 1. The zero-order valence-electron chi connectivity index (χ0n) is 26.0. The Kier molecular flexibility index (Phi) is 11.7. The Morgan fingerprint density at radius 2 is 1.22 bits per heavy atom. The molecule has 4 aromatic carbocycles. The van der Waals surface area contributed by atoms with Crippen LogP contribution in [0.4, 0.5) is 0 Å². The highest BCUT2D eigenvalue weighted by atomic mass is 32.2. The van der Waals surface area contributed by atoms with Gasteiger partial charge in [-0.15, -0.1) is 0 Å². The topological polar surface area (TPSA) is 112 Å². The third-order valence-electron chi connectivity index (χ3n) is 7.63. The molecule has 1 fully saturated rings. The molecule has 0 spiro atoms. The highest BCUT2D eigenvalue weighted by Crippen LogP contribution is 2.29. The van der Waals surface area contributed by atoms with Crippen LogP contribution in [0.1, 0.15) is 29.2 Å². The average molecular weight is 645 g/mol. The van der Waals surface area contributed by atoms with Crippen LogP contribution in [0.15, 0.2) is 120 Å². The maximum Gasteiger partial charge on any atom is 0.242 e. The van der Waals surface area contributed by atoms with E-state index >= 15 is 0 Å². The Hall–Kier alpha value is -3.90. The Morgan fingerprint density at radius 3 is 1.74 bits per heavy atom. The maximum atomic E-state index is 13.6. The summed E-state index contributed by atoms with van der Waals surface area (Å²) in [5, 5.41) is 2.90. The number of ether oxygens (including phenoxy) is 4. The van der Waals surface area contributed by atoms with Crippen LogP contribution in [0, 0.1) is 6.92 Å². The molecule has 0 saturated carbocycles. The third kappa shape index (κ3) is 9.32. The molecule has 4 aromatic rings. The van der Waals surface area contributed by atoms with Crippen LogP contribution < -0.4 is 10.0 Å². The van der Waals surface area contributed by atoms with E-state index in [1.807, 2.05) is 97.9 Å². The fourth-order valence-electron chi connectivity index (χ4n) is 5.31. The summed E-state index contributed by atoms with van der Waals surface area (Å²) in [6.45, 7) is 4.08. The van der Waals surface area contributed by atoms with Crippen LogP contribution in [0.25, 0.3) is 0 Å². The first-order chi connectivity index (χ1) is 22.3. The van der Waals surface area contributed by atoms with Crippen LogP contribution in [0.5, 0.6) is 0 Å². The van der Waals surface area contributed by atoms with Crippen molar-refractivity contribution in [1.82, 2.24) is 10.0 Å². The van der Waals surface area contributed by atoms with Crippen molar-refractivity contribution in [3.05, 3.63) is 138 Å². The van der Waals surface area contributed by atoms with E-state index in [4.69, 9.17) is 18.9 Å². The van der Waals surface area contributed by atoms with Gasteiger partial charge in [-0.05, 0) is 35.7 Å². The number of carbonyl (C=O) groups excluding carboxylic acids is 1. The molecule has 5 rings (SSSR count). The first-order valence-electron chi connectivity index (χ1n) is 15.2. The summed E-state index contributed by atoms with van der Waals surface area (Å²) in [5.74, 6) is -0.373. The lowest BCUT2D eigenvalue weighted by molar-refractivity contribution is -0.234. The SMILES string of the molecule is CC(=O)N[C@@H]1[C@@H](OCc2ccccc2)[C@H](OCc2ccccc2)[C@@H](COCc2ccccc2)O[C@H]1NS(=O)(=O)c1ccc(C)cc1. The van der Waals surface area contributed by atoms with Crippen LogP contribution in [0.2, 0.25) is 0 Å². The largest absolute Gasteiger partial charge is 0.374 e. The lowest BCUT2D eigenvalue weighted by Gasteiger charge is -2.46. The second-order valence-corrected chi connectivity index (χ2v) is 13.0. The molecule has 1 aliphatic rings. The van der Waals surface area contributed by atoms with E-state index in [9.17, 15) is 13.2 Å². The van der Waals surface area contributed by atoms with Crippen LogP contribution >= 0.6 is 0 Å². The maximum absolute atomic E-state index is 13.6. The number of benzene rings is 4. The van der Waals surface area contributed by atoms with Crippen LogP contribution in [-0.4, -0.2) is 51.5 Å². The monoisotopic (exact) mass is 644 g/mol. The van der Waals surface area contributed by atoms with Crippen LogP contribution in [-0.2, 0) is 53.6 Å². The van der Waals surface area contributed by atoms with Crippen LogP contribution in [0.3, 0.4) is 0 Å². The molecular weight excluding hydrogens is 604 g/mol. The summed E-state index contributed by atoms with van der Waals surface area (Å²) >= 11 is 0. The molecule has 0 radical (unpaired) electrons. The van der Waals surface area contributed by atoms with Crippen molar-refractivity contribution in [1.29, 1.82) is 0 Å². The number of hydrogen-bond acceptors (Lipinski definition) is 7. The third-order valence-corrected chi connectivity index (χ3v) is 9.06. The molecule has 1 heterocycles. The second kappa shape index (κ2) is 16.1. The second-order valence-electron chi connectivity index (χ2n) is 11.3. The quantitative estimate of drug-likeness (QED) is 0.201. The van der Waals surface area contributed by atoms with Crippen molar-refractivity contribution in [2.24, 2.45) is 0 Å². The zero-order valence-corrected chi connectivity index (χ0v) is 26.8. The van der Waals surface area contributed by atoms with E-state index in [2.05, 4.69) is 10.0 Å². The molecule has 10 heteroatoms. The van der Waals surface area contributed by atoms with E-state index in [-0.39, 0.29) is 30.6 Å². The van der Waals surface area contributed by atoms with E-state index in [1.54, 1.807) is 12.1 Å². The van der Waals surface area contributed by atoms with Gasteiger partial charge in [-0.2, -0.15) is 4.72 Å². The van der Waals surface area contributed by atoms with E-state index < -0.39 is 40.6 Å². The van der Waals surface area contributed by atoms with Gasteiger partial charge in [0, 0.05) is 6.92 Å². The number of aryl methyl sites for hydroxylation is 1. The molecule has 0 unspecified atom stereocenters. The fraction of sp³-hybridized carbons (Fsp3) is 0.306. The summed E-state index contributed by atoms with van der Waals surface area (Å²) in [7, 11) is -4.06. The minimum atomic E-state index is -4.06. The van der Waals surface area contributed by atoms with Crippen molar-refractivity contribution < 1.29 is 32.2 Å². The number of sulfonamides is 1. The molecule has 0 aromatic heterocycles. The van der Waals surface area contributed by atoms with Gasteiger partial charge in [-0.3, -0.25) is 4.79 Å². The van der Waals surface area contributed by atoms with Gasteiger partial charge in [0.25, 0.3) is 0 Å². The van der Waals surface area contributed by atoms with Gasteiger partial charge in [-0.25, -0.2) is 8.42 Å². The molecule has 0 aliphatic carbocycles. The minimum absolute atomic E-state index is 0.0735. The summed E-state index contributed by atoms with van der Waals surface area (Å²) in [4.78, 5) is 12.7. The summed E-state index contributed by atoms with van der Waals surface area (Å²) in [6, 6.07) is 34.6. The van der Waals surface area contributed by atoms with Gasteiger partial charge in [0.05, 0.1) is 37.4 Å². The molecule has 46 heavy (non-hydrogen) atoms. The summed E-state index contributed by atoms with van der Waals surface area (Å²) in [6.07, 6.45) is -3.52. The molecule has 9 nitrogen and oxygen atoms in total. The summed E-state index contributed by atoms with van der Waals surface area (Å²) < 4.78 is 55.6. The number of amides is 1. The zero-order chi connectivity index (χ0) is 32.4. The lowest BCUT2D eigenvalue weighted by Crippen LogP contribution is -2.69. The highest BCUT2D eigenvalue weighted by molar-refractivity contribution is 7.89. The fourth-order valence-corrected chi connectivity index (χ4v) is 6.44. The average Bonchev–Trinajstić information content (AvgIpc) is 3.06. The smallest absolute Gasteiger partial charge is 0.242 e. The van der Waals surface area contributed by atoms with Crippen molar-refractivity contribution in [2.45, 2.75) is 69.1 Å². The van der Waals surface area contributed by atoms with Crippen molar-refractivity contribution in [2.75, 3.05) is 6.61 Å². The first kappa shape index (κ1) is 33.5. The van der Waals surface area contributed by atoms with Gasteiger partial charge < -0.3 is 24.3 Å². The van der Waals surface area contributed by atoms with Gasteiger partial charge >= 0.3 is 0 Å². The van der Waals surface area contributed by atoms with Crippen molar-refractivity contribution in [3.63, 3.8) is 0 Å². The standard InChI is InChI=1S/C36H40N2O7S/c1-26-18-20-31(21-19-26)46(40,41)38-36-33(37-27(2)39)35(44-24-30-16-10-5-11-17-30)34(43-23-29-14-8-4-9-15-29)32(45-36)25-42-22-28-12-6-3-7-13-28/h3-21,32-36,38H,22-25H2,1-2H3,(H,37,39)/t32-,33-,34-,35-,36-/m1/s1. The van der Waals surface area contributed by atoms with Gasteiger partial charge in [0.2, 0.25) is 15.9 Å². The molecule has 5 atom stereocenters. The summed E-state index contributed by atoms with van der Waals surface area (Å²) in [5.41, 5.74) is 3.75. The Morgan fingerprint density at radius 1 is 0.717 bits per heavy atom. The molecular formula is C36H40N2O7S.